The number of nitrogens with zero attached hydrogens (tertiary/aromatic N) is 2. The van der Waals surface area contributed by atoms with E-state index >= 15 is 0 Å². The van der Waals surface area contributed by atoms with Crippen molar-refractivity contribution in [2.75, 3.05) is 36.1 Å². The minimum Gasteiger partial charge on any atom is -0.461 e. The largest absolute Gasteiger partial charge is 0.461 e. The van der Waals surface area contributed by atoms with Crippen molar-refractivity contribution in [1.29, 1.82) is 0 Å². The minimum absolute atomic E-state index is 0.0889. The second-order valence-corrected chi connectivity index (χ2v) is 6.96. The van der Waals surface area contributed by atoms with Gasteiger partial charge < -0.3 is 9.64 Å². The van der Waals surface area contributed by atoms with Crippen LogP contribution in [0, 0.1) is 0 Å². The van der Waals surface area contributed by atoms with E-state index in [1.54, 1.807) is 6.92 Å². The molecule has 1 aliphatic heterocycles. The Hall–Kier alpha value is -1.28. The summed E-state index contributed by atoms with van der Waals surface area (Å²) in [5, 5.41) is 0.620. The SMILES string of the molecule is CCOC(=O)c1nc(N2CCS(=O)CC2)sc1C(C)=O. The molecule has 0 N–H and O–H groups in total. The summed E-state index contributed by atoms with van der Waals surface area (Å²) < 4.78 is 16.3. The third kappa shape index (κ3) is 3.24. The first kappa shape index (κ1) is 15.1. The highest BCUT2D eigenvalue weighted by molar-refractivity contribution is 7.85. The van der Waals surface area contributed by atoms with Crippen LogP contribution in [0.1, 0.15) is 34.0 Å². The molecule has 0 unspecified atom stereocenters. The Labute approximate surface area is 123 Å². The Morgan fingerprint density at radius 1 is 1.40 bits per heavy atom. The maximum Gasteiger partial charge on any atom is 0.358 e. The predicted octanol–water partition coefficient (Wildman–Crippen LogP) is 1.09. The molecule has 0 aromatic carbocycles. The predicted molar refractivity (Wildman–Crippen MR) is 78.2 cm³/mol. The number of aromatic nitrogens is 1. The fourth-order valence-electron chi connectivity index (χ4n) is 1.85. The first-order valence-electron chi connectivity index (χ1n) is 6.31. The molecule has 1 aromatic rings. The van der Waals surface area contributed by atoms with Crippen molar-refractivity contribution in [3.8, 4) is 0 Å². The highest BCUT2D eigenvalue weighted by Crippen LogP contribution is 2.28. The summed E-state index contributed by atoms with van der Waals surface area (Å²) in [5.74, 6) is 0.408. The Kier molecular flexibility index (Phi) is 4.87. The highest BCUT2D eigenvalue weighted by atomic mass is 32.2. The molecule has 1 saturated heterocycles. The number of thiazole rings is 1. The van der Waals surface area contributed by atoms with Crippen LogP contribution in [0.25, 0.3) is 0 Å². The van der Waals surface area contributed by atoms with Crippen LogP contribution in [0.15, 0.2) is 0 Å². The van der Waals surface area contributed by atoms with Crippen LogP contribution in [0.5, 0.6) is 0 Å². The van der Waals surface area contributed by atoms with E-state index in [9.17, 15) is 13.8 Å². The zero-order valence-electron chi connectivity index (χ0n) is 11.4. The van der Waals surface area contributed by atoms with E-state index < -0.39 is 16.8 Å². The number of ketones is 1. The quantitative estimate of drug-likeness (QED) is 0.611. The molecular formula is C12H16N2O4S2. The van der Waals surface area contributed by atoms with Gasteiger partial charge in [0.15, 0.2) is 16.6 Å². The van der Waals surface area contributed by atoms with Gasteiger partial charge in [-0.2, -0.15) is 0 Å². The van der Waals surface area contributed by atoms with Crippen molar-refractivity contribution < 1.29 is 18.5 Å². The van der Waals surface area contributed by atoms with Crippen LogP contribution in [-0.2, 0) is 15.5 Å². The van der Waals surface area contributed by atoms with Crippen LogP contribution in [0.4, 0.5) is 5.13 Å². The molecule has 8 heteroatoms. The molecule has 0 aliphatic carbocycles. The molecule has 1 aromatic heterocycles. The summed E-state index contributed by atoms with van der Waals surface area (Å²) in [6.45, 7) is 4.61. The third-order valence-electron chi connectivity index (χ3n) is 2.85. The van der Waals surface area contributed by atoms with Crippen molar-refractivity contribution in [2.45, 2.75) is 13.8 Å². The van der Waals surface area contributed by atoms with Gasteiger partial charge in [-0.25, -0.2) is 9.78 Å². The van der Waals surface area contributed by atoms with Gasteiger partial charge in [0.05, 0.1) is 6.61 Å². The van der Waals surface area contributed by atoms with Gasteiger partial charge in [-0.3, -0.25) is 9.00 Å². The number of hydrogen-bond acceptors (Lipinski definition) is 7. The van der Waals surface area contributed by atoms with Gasteiger partial charge >= 0.3 is 5.97 Å². The molecule has 0 atom stereocenters. The van der Waals surface area contributed by atoms with E-state index in [0.29, 0.717) is 34.6 Å². The van der Waals surface area contributed by atoms with E-state index in [-0.39, 0.29) is 18.1 Å². The normalized spacial score (nSPS) is 16.2. The van der Waals surface area contributed by atoms with Crippen LogP contribution < -0.4 is 4.90 Å². The van der Waals surface area contributed by atoms with E-state index in [1.807, 2.05) is 4.90 Å². The minimum atomic E-state index is -0.777. The number of rotatable bonds is 4. The molecule has 1 fully saturated rings. The molecule has 2 rings (SSSR count). The topological polar surface area (TPSA) is 76.6 Å². The van der Waals surface area contributed by atoms with Gasteiger partial charge in [-0.05, 0) is 6.92 Å². The number of hydrogen-bond donors (Lipinski definition) is 0. The molecular weight excluding hydrogens is 300 g/mol. The first-order chi connectivity index (χ1) is 9.52. The summed E-state index contributed by atoms with van der Waals surface area (Å²) in [6.07, 6.45) is 0. The lowest BCUT2D eigenvalue weighted by molar-refractivity contribution is 0.0517. The van der Waals surface area contributed by atoms with Crippen molar-refractivity contribution in [3.63, 3.8) is 0 Å². The molecule has 0 saturated carbocycles. The van der Waals surface area contributed by atoms with Crippen molar-refractivity contribution in [2.24, 2.45) is 0 Å². The van der Waals surface area contributed by atoms with Crippen LogP contribution in [0.3, 0.4) is 0 Å². The lowest BCUT2D eigenvalue weighted by Crippen LogP contribution is -2.37. The molecule has 110 valence electrons. The van der Waals surface area contributed by atoms with Crippen molar-refractivity contribution >= 4 is 39.0 Å². The molecule has 6 nitrogen and oxygen atoms in total. The first-order valence-corrected chi connectivity index (χ1v) is 8.62. The molecule has 0 spiro atoms. The van der Waals surface area contributed by atoms with Crippen molar-refractivity contribution in [3.05, 3.63) is 10.6 Å². The Bertz CT molecular complexity index is 546. The molecule has 0 amide bonds. The number of esters is 1. The second kappa shape index (κ2) is 6.45. The number of anilines is 1. The fourth-order valence-corrected chi connectivity index (χ4v) is 3.90. The van der Waals surface area contributed by atoms with Gasteiger partial charge in [-0.1, -0.05) is 11.3 Å². The fraction of sp³-hybridized carbons (Fsp3) is 0.583. The number of carbonyl (C=O) groups is 2. The zero-order chi connectivity index (χ0) is 14.7. The summed E-state index contributed by atoms with van der Waals surface area (Å²) in [6, 6.07) is 0. The molecule has 1 aliphatic rings. The number of carbonyl (C=O) groups excluding carboxylic acids is 2. The third-order valence-corrected chi connectivity index (χ3v) is 5.35. The smallest absolute Gasteiger partial charge is 0.358 e. The lowest BCUT2D eigenvalue weighted by atomic mass is 10.3. The van der Waals surface area contributed by atoms with Gasteiger partial charge in [0.2, 0.25) is 0 Å². The van der Waals surface area contributed by atoms with Crippen LogP contribution >= 0.6 is 11.3 Å². The second-order valence-electron chi connectivity index (χ2n) is 4.29. The maximum absolute atomic E-state index is 11.8. The van der Waals surface area contributed by atoms with E-state index in [0.717, 1.165) is 0 Å². The standard InChI is InChI=1S/C12H16N2O4S2/c1-3-18-11(16)9-10(8(2)15)19-12(13-9)14-4-6-20(17)7-5-14/h3-7H2,1-2H3. The Balaban J connectivity index is 2.27. The number of ether oxygens (including phenoxy) is 1. The molecule has 0 radical (unpaired) electrons. The average Bonchev–Trinajstić information content (AvgIpc) is 2.85. The maximum atomic E-state index is 11.8. The zero-order valence-corrected chi connectivity index (χ0v) is 13.0. The monoisotopic (exact) mass is 316 g/mol. The summed E-state index contributed by atoms with van der Waals surface area (Å²) >= 11 is 1.20. The Morgan fingerprint density at radius 3 is 2.60 bits per heavy atom. The Morgan fingerprint density at radius 2 is 2.05 bits per heavy atom. The van der Waals surface area contributed by atoms with E-state index in [2.05, 4.69) is 4.98 Å². The van der Waals surface area contributed by atoms with Crippen molar-refractivity contribution in [1.82, 2.24) is 4.98 Å². The lowest BCUT2D eigenvalue weighted by Gasteiger charge is -2.25. The van der Waals surface area contributed by atoms with E-state index in [4.69, 9.17) is 4.74 Å². The van der Waals surface area contributed by atoms with Gasteiger partial charge in [0, 0.05) is 42.3 Å². The van der Waals surface area contributed by atoms with Crippen LogP contribution in [-0.4, -0.2) is 52.1 Å². The molecule has 2 heterocycles. The van der Waals surface area contributed by atoms with Gasteiger partial charge in [0.25, 0.3) is 0 Å². The molecule has 20 heavy (non-hydrogen) atoms. The molecule has 0 bridgehead atoms. The summed E-state index contributed by atoms with van der Waals surface area (Å²) in [7, 11) is -0.777. The average molecular weight is 316 g/mol. The van der Waals surface area contributed by atoms with Gasteiger partial charge in [-0.15, -0.1) is 0 Å². The summed E-state index contributed by atoms with van der Waals surface area (Å²) in [5.41, 5.74) is 0.0889. The van der Waals surface area contributed by atoms with Crippen LogP contribution in [0.2, 0.25) is 0 Å². The number of Topliss-reactive ketones (excluding diaryl/α,β-unsaturated/α-hetero) is 1. The van der Waals surface area contributed by atoms with E-state index in [1.165, 1.54) is 18.3 Å². The van der Waals surface area contributed by atoms with Gasteiger partial charge in [0.1, 0.15) is 4.88 Å². The summed E-state index contributed by atoms with van der Waals surface area (Å²) in [4.78, 5) is 30.0. The highest BCUT2D eigenvalue weighted by Gasteiger charge is 2.26.